The van der Waals surface area contributed by atoms with Gasteiger partial charge in [-0.25, -0.2) is 4.98 Å². The van der Waals surface area contributed by atoms with Crippen LogP contribution >= 0.6 is 0 Å². The number of carbonyl (C=O) groups excluding carboxylic acids is 1. The molecule has 1 aromatic carbocycles. The zero-order chi connectivity index (χ0) is 12.8. The van der Waals surface area contributed by atoms with E-state index in [-0.39, 0.29) is 18.2 Å². The lowest BCUT2D eigenvalue weighted by molar-refractivity contribution is -0.127. The van der Waals surface area contributed by atoms with Crippen LogP contribution in [0.5, 0.6) is 5.88 Å². The Morgan fingerprint density at radius 3 is 2.72 bits per heavy atom. The highest BCUT2D eigenvalue weighted by molar-refractivity contribution is 5.77. The number of nitrogens with two attached hydrogens (primary N) is 1. The summed E-state index contributed by atoms with van der Waals surface area (Å²) in [5.74, 6) is -0.0647. The third-order valence-corrected chi connectivity index (χ3v) is 2.27. The summed E-state index contributed by atoms with van der Waals surface area (Å²) in [5, 5.41) is 0. The highest BCUT2D eigenvalue weighted by atomic mass is 16.7. The number of benzene rings is 1. The van der Waals surface area contributed by atoms with Gasteiger partial charge < -0.3 is 10.6 Å². The third-order valence-electron chi connectivity index (χ3n) is 2.27. The summed E-state index contributed by atoms with van der Waals surface area (Å²) < 4.78 is 0. The van der Waals surface area contributed by atoms with Gasteiger partial charge in [-0.2, -0.15) is 5.48 Å². The molecule has 0 unspecified atom stereocenters. The molecule has 0 saturated carbocycles. The first-order valence-electron chi connectivity index (χ1n) is 5.46. The van der Waals surface area contributed by atoms with Gasteiger partial charge in [0.25, 0.3) is 11.8 Å². The van der Waals surface area contributed by atoms with Gasteiger partial charge in [-0.05, 0) is 17.7 Å². The Labute approximate surface area is 105 Å². The Morgan fingerprint density at radius 1 is 1.22 bits per heavy atom. The normalized spacial score (nSPS) is 9.78. The van der Waals surface area contributed by atoms with Crippen molar-refractivity contribution in [2.45, 2.75) is 6.42 Å². The lowest BCUT2D eigenvalue weighted by Crippen LogP contribution is -2.29. The van der Waals surface area contributed by atoms with E-state index in [1.807, 2.05) is 30.3 Å². The largest absolute Gasteiger partial charge is 0.394 e. The molecule has 2 rings (SSSR count). The number of amides is 1. The summed E-state index contributed by atoms with van der Waals surface area (Å²) in [6.07, 6.45) is 1.78. The topological polar surface area (TPSA) is 77.2 Å². The highest BCUT2D eigenvalue weighted by Gasteiger charge is 2.06. The number of nitrogens with one attached hydrogen (secondary N) is 1. The molecule has 5 nitrogen and oxygen atoms in total. The molecule has 0 aliphatic heterocycles. The summed E-state index contributed by atoms with van der Waals surface area (Å²) >= 11 is 0. The fraction of sp³-hybridized carbons (Fsp3) is 0.0769. The molecule has 3 N–H and O–H groups in total. The molecule has 0 aliphatic carbocycles. The van der Waals surface area contributed by atoms with Crippen molar-refractivity contribution in [1.82, 2.24) is 10.5 Å². The monoisotopic (exact) mass is 243 g/mol. The first-order valence-corrected chi connectivity index (χ1v) is 5.46. The van der Waals surface area contributed by atoms with E-state index in [1.165, 1.54) is 6.20 Å². The number of rotatable bonds is 4. The van der Waals surface area contributed by atoms with Gasteiger partial charge in [0.2, 0.25) is 0 Å². The van der Waals surface area contributed by atoms with Gasteiger partial charge in [0.1, 0.15) is 0 Å². The number of pyridine rings is 1. The molecule has 0 spiro atoms. The maximum absolute atomic E-state index is 11.6. The average molecular weight is 243 g/mol. The molecule has 0 radical (unpaired) electrons. The van der Waals surface area contributed by atoms with Crippen LogP contribution in [0.1, 0.15) is 5.56 Å². The lowest BCUT2D eigenvalue weighted by atomic mass is 10.1. The van der Waals surface area contributed by atoms with Crippen LogP contribution in [0.3, 0.4) is 0 Å². The minimum absolute atomic E-state index is 0.193. The van der Waals surface area contributed by atoms with Gasteiger partial charge >= 0.3 is 0 Å². The molecule has 5 heteroatoms. The van der Waals surface area contributed by atoms with Crippen molar-refractivity contribution < 1.29 is 9.63 Å². The third kappa shape index (κ3) is 3.21. The number of hydroxylamine groups is 1. The van der Waals surface area contributed by atoms with Crippen LogP contribution in [-0.4, -0.2) is 10.9 Å². The quantitative estimate of drug-likeness (QED) is 0.794. The number of hydrogen-bond donors (Lipinski definition) is 2. The van der Waals surface area contributed by atoms with Crippen LogP contribution in [0.2, 0.25) is 0 Å². The zero-order valence-electron chi connectivity index (χ0n) is 9.67. The molecule has 0 atom stereocenters. The zero-order valence-corrected chi connectivity index (χ0v) is 9.67. The molecular formula is C13H13N3O2. The second-order valence-electron chi connectivity index (χ2n) is 3.69. The maximum atomic E-state index is 11.6. The first kappa shape index (κ1) is 11.9. The standard InChI is InChI=1S/C13H13N3O2/c14-11-7-4-8-15-13(11)18-16-12(17)9-10-5-2-1-3-6-10/h1-8H,9,14H2,(H,16,17). The van der Waals surface area contributed by atoms with E-state index in [0.29, 0.717) is 5.69 Å². The van der Waals surface area contributed by atoms with Crippen molar-refractivity contribution in [2.24, 2.45) is 0 Å². The van der Waals surface area contributed by atoms with Crippen molar-refractivity contribution in [3.05, 3.63) is 54.2 Å². The highest BCUT2D eigenvalue weighted by Crippen LogP contribution is 2.14. The van der Waals surface area contributed by atoms with Gasteiger partial charge in [-0.1, -0.05) is 30.3 Å². The van der Waals surface area contributed by atoms with Gasteiger partial charge in [0, 0.05) is 6.20 Å². The summed E-state index contributed by atoms with van der Waals surface area (Å²) in [4.78, 5) is 20.5. The molecule has 18 heavy (non-hydrogen) atoms. The van der Waals surface area contributed by atoms with Gasteiger partial charge in [-0.3, -0.25) is 4.79 Å². The molecule has 0 fully saturated rings. The molecule has 92 valence electrons. The molecule has 1 heterocycles. The molecule has 2 aromatic rings. The Kier molecular flexibility index (Phi) is 3.76. The molecular weight excluding hydrogens is 230 g/mol. The van der Waals surface area contributed by atoms with Crippen LogP contribution in [0.4, 0.5) is 5.69 Å². The first-order chi connectivity index (χ1) is 8.75. The summed E-state index contributed by atoms with van der Waals surface area (Å²) in [7, 11) is 0. The van der Waals surface area contributed by atoms with Gasteiger partial charge in [0.15, 0.2) is 0 Å². The maximum Gasteiger partial charge on any atom is 0.268 e. The molecule has 0 saturated heterocycles. The van der Waals surface area contributed by atoms with Crippen LogP contribution in [-0.2, 0) is 11.2 Å². The summed E-state index contributed by atoms with van der Waals surface area (Å²) in [6, 6.07) is 12.7. The predicted octanol–water partition coefficient (Wildman–Crippen LogP) is 1.32. The van der Waals surface area contributed by atoms with Crippen molar-refractivity contribution in [3.63, 3.8) is 0 Å². The van der Waals surface area contributed by atoms with E-state index in [9.17, 15) is 4.79 Å². The number of aromatic nitrogens is 1. The van der Waals surface area contributed by atoms with Gasteiger partial charge in [-0.15, -0.1) is 0 Å². The van der Waals surface area contributed by atoms with E-state index in [2.05, 4.69) is 10.5 Å². The van der Waals surface area contributed by atoms with Crippen molar-refractivity contribution in [2.75, 3.05) is 5.73 Å². The Balaban J connectivity index is 1.88. The minimum atomic E-state index is -0.258. The van der Waals surface area contributed by atoms with E-state index in [0.717, 1.165) is 5.56 Å². The van der Waals surface area contributed by atoms with Crippen molar-refractivity contribution in [3.8, 4) is 5.88 Å². The fourth-order valence-corrected chi connectivity index (χ4v) is 1.41. The van der Waals surface area contributed by atoms with E-state index in [1.54, 1.807) is 12.1 Å². The molecule has 0 bridgehead atoms. The number of carbonyl (C=O) groups is 1. The minimum Gasteiger partial charge on any atom is -0.394 e. The Hall–Kier alpha value is -2.56. The smallest absolute Gasteiger partial charge is 0.268 e. The molecule has 0 aliphatic rings. The fourth-order valence-electron chi connectivity index (χ4n) is 1.41. The predicted molar refractivity (Wildman–Crippen MR) is 67.6 cm³/mol. The van der Waals surface area contributed by atoms with Gasteiger partial charge in [0.05, 0.1) is 12.1 Å². The second-order valence-corrected chi connectivity index (χ2v) is 3.69. The van der Waals surface area contributed by atoms with E-state index >= 15 is 0 Å². The summed E-state index contributed by atoms with van der Waals surface area (Å²) in [6.45, 7) is 0. The van der Waals surface area contributed by atoms with E-state index in [4.69, 9.17) is 10.6 Å². The number of anilines is 1. The van der Waals surface area contributed by atoms with Crippen molar-refractivity contribution in [1.29, 1.82) is 0 Å². The number of hydrogen-bond acceptors (Lipinski definition) is 4. The Bertz CT molecular complexity index is 529. The molecule has 1 amide bonds. The molecule has 1 aromatic heterocycles. The van der Waals surface area contributed by atoms with E-state index < -0.39 is 0 Å². The Morgan fingerprint density at radius 2 is 2.00 bits per heavy atom. The summed E-state index contributed by atoms with van der Waals surface area (Å²) in [5.41, 5.74) is 9.21. The SMILES string of the molecule is Nc1cccnc1ONC(=O)Cc1ccccc1. The lowest BCUT2D eigenvalue weighted by Gasteiger charge is -2.07. The van der Waals surface area contributed by atoms with Crippen molar-refractivity contribution >= 4 is 11.6 Å². The van der Waals surface area contributed by atoms with Crippen LogP contribution in [0.25, 0.3) is 0 Å². The number of nitrogens with zero attached hydrogens (tertiary/aromatic N) is 1. The second kappa shape index (κ2) is 5.67. The number of nitrogen functional groups attached to an aromatic ring is 1. The van der Waals surface area contributed by atoms with Crippen LogP contribution < -0.4 is 16.1 Å². The van der Waals surface area contributed by atoms with Crippen LogP contribution in [0.15, 0.2) is 48.7 Å². The average Bonchev–Trinajstić information content (AvgIpc) is 2.39. The van der Waals surface area contributed by atoms with Crippen LogP contribution in [0, 0.1) is 0 Å².